The number of nitrogens with zero attached hydrogens (tertiary/aromatic N) is 1. The second-order valence-corrected chi connectivity index (χ2v) is 5.40. The molecule has 5 heteroatoms. The summed E-state index contributed by atoms with van der Waals surface area (Å²) in [5, 5.41) is 4.14. The normalized spacial score (nSPS) is 16.8. The average Bonchev–Trinajstić information content (AvgIpc) is 2.59. The summed E-state index contributed by atoms with van der Waals surface area (Å²) >= 11 is 0. The molecule has 0 aromatic heterocycles. The number of aryl methyl sites for hydroxylation is 1. The van der Waals surface area contributed by atoms with Crippen molar-refractivity contribution in [2.45, 2.75) is 20.0 Å². The zero-order chi connectivity index (χ0) is 16.2. The second-order valence-electron chi connectivity index (χ2n) is 5.40. The van der Waals surface area contributed by atoms with Gasteiger partial charge in [-0.25, -0.2) is 5.43 Å². The summed E-state index contributed by atoms with van der Waals surface area (Å²) in [4.78, 5) is 12.2. The fourth-order valence-electron chi connectivity index (χ4n) is 2.22. The topological polar surface area (TPSA) is 59.9 Å². The van der Waals surface area contributed by atoms with Crippen LogP contribution in [0.3, 0.4) is 0 Å². The first-order valence-corrected chi connectivity index (χ1v) is 7.43. The van der Waals surface area contributed by atoms with Crippen molar-refractivity contribution in [3.05, 3.63) is 59.7 Å². The molecule has 1 atom stereocenters. The van der Waals surface area contributed by atoms with Gasteiger partial charge in [0.1, 0.15) is 6.61 Å². The number of para-hydroxylation sites is 2. The van der Waals surface area contributed by atoms with Crippen molar-refractivity contribution in [3.8, 4) is 11.5 Å². The molecule has 3 rings (SSSR count). The first kappa shape index (κ1) is 15.1. The predicted octanol–water partition coefficient (Wildman–Crippen LogP) is 2.68. The Labute approximate surface area is 134 Å². The Morgan fingerprint density at radius 2 is 1.83 bits per heavy atom. The monoisotopic (exact) mass is 310 g/mol. The van der Waals surface area contributed by atoms with E-state index >= 15 is 0 Å². The lowest BCUT2D eigenvalue weighted by Gasteiger charge is -2.24. The molecule has 5 nitrogen and oxygen atoms in total. The maximum atomic E-state index is 12.2. The van der Waals surface area contributed by atoms with Crippen LogP contribution in [0.5, 0.6) is 11.5 Å². The Bertz CT molecular complexity index is 738. The van der Waals surface area contributed by atoms with Gasteiger partial charge in [0, 0.05) is 0 Å². The minimum atomic E-state index is -0.709. The molecular formula is C18H18N2O3. The van der Waals surface area contributed by atoms with Crippen molar-refractivity contribution >= 4 is 11.6 Å². The molecule has 1 aliphatic rings. The summed E-state index contributed by atoms with van der Waals surface area (Å²) in [6.07, 6.45) is -0.709. The average molecular weight is 310 g/mol. The number of hydrazone groups is 1. The first-order valence-electron chi connectivity index (χ1n) is 7.43. The number of hydrogen-bond donors (Lipinski definition) is 1. The van der Waals surface area contributed by atoms with Crippen LogP contribution in [-0.4, -0.2) is 24.3 Å². The second kappa shape index (κ2) is 6.52. The molecule has 0 aliphatic carbocycles. The zero-order valence-corrected chi connectivity index (χ0v) is 13.1. The van der Waals surface area contributed by atoms with E-state index in [1.54, 1.807) is 6.07 Å². The number of fused-ring (bicyclic) bond motifs is 1. The van der Waals surface area contributed by atoms with Crippen LogP contribution in [0.1, 0.15) is 18.1 Å². The van der Waals surface area contributed by atoms with Gasteiger partial charge in [0.2, 0.25) is 6.10 Å². The zero-order valence-electron chi connectivity index (χ0n) is 13.1. The highest BCUT2D eigenvalue weighted by Gasteiger charge is 2.27. The smallest absolute Gasteiger partial charge is 0.284 e. The van der Waals surface area contributed by atoms with Crippen molar-refractivity contribution in [1.82, 2.24) is 5.43 Å². The Morgan fingerprint density at radius 1 is 1.13 bits per heavy atom. The molecule has 118 valence electrons. The number of ether oxygens (including phenoxy) is 2. The molecule has 0 fully saturated rings. The van der Waals surface area contributed by atoms with Gasteiger partial charge in [-0.05, 0) is 31.5 Å². The summed E-state index contributed by atoms with van der Waals surface area (Å²) in [5.74, 6) is 0.889. The summed E-state index contributed by atoms with van der Waals surface area (Å²) in [7, 11) is 0. The Morgan fingerprint density at radius 3 is 2.57 bits per heavy atom. The molecule has 0 radical (unpaired) electrons. The molecule has 0 spiro atoms. The summed E-state index contributed by atoms with van der Waals surface area (Å²) in [5.41, 5.74) is 5.41. The van der Waals surface area contributed by atoms with Crippen molar-refractivity contribution in [3.63, 3.8) is 0 Å². The maximum Gasteiger partial charge on any atom is 0.284 e. The highest BCUT2D eigenvalue weighted by atomic mass is 16.6. The molecule has 0 bridgehead atoms. The molecule has 1 heterocycles. The van der Waals surface area contributed by atoms with Gasteiger partial charge in [-0.15, -0.1) is 0 Å². The standard InChI is InChI=1S/C18H18N2O3/c1-12-7-9-14(10-8-12)13(2)19-20-18(21)17-11-22-15-5-3-4-6-16(15)23-17/h3-10,17H,11H2,1-2H3,(H,20,21)/b19-13+. The van der Waals surface area contributed by atoms with Crippen LogP contribution < -0.4 is 14.9 Å². The predicted molar refractivity (Wildman–Crippen MR) is 87.9 cm³/mol. The number of carbonyl (C=O) groups excluding carboxylic acids is 1. The maximum absolute atomic E-state index is 12.2. The van der Waals surface area contributed by atoms with Crippen LogP contribution >= 0.6 is 0 Å². The molecule has 1 unspecified atom stereocenters. The van der Waals surface area contributed by atoms with Crippen molar-refractivity contribution < 1.29 is 14.3 Å². The molecule has 1 aliphatic heterocycles. The third kappa shape index (κ3) is 3.51. The van der Waals surface area contributed by atoms with E-state index < -0.39 is 6.10 Å². The van der Waals surface area contributed by atoms with Crippen LogP contribution in [0.25, 0.3) is 0 Å². The molecule has 2 aromatic rings. The lowest BCUT2D eigenvalue weighted by molar-refractivity contribution is -0.130. The van der Waals surface area contributed by atoms with Gasteiger partial charge < -0.3 is 9.47 Å². The third-order valence-corrected chi connectivity index (χ3v) is 3.60. The van der Waals surface area contributed by atoms with Gasteiger partial charge in [0.25, 0.3) is 5.91 Å². The van der Waals surface area contributed by atoms with Crippen molar-refractivity contribution in [2.24, 2.45) is 5.10 Å². The van der Waals surface area contributed by atoms with E-state index in [0.717, 1.165) is 11.3 Å². The molecule has 23 heavy (non-hydrogen) atoms. The minimum absolute atomic E-state index is 0.169. The van der Waals surface area contributed by atoms with Gasteiger partial charge in [0.05, 0.1) is 5.71 Å². The van der Waals surface area contributed by atoms with Crippen LogP contribution in [0.2, 0.25) is 0 Å². The Kier molecular flexibility index (Phi) is 4.28. The van der Waals surface area contributed by atoms with Gasteiger partial charge in [-0.2, -0.15) is 5.10 Å². The number of benzene rings is 2. The van der Waals surface area contributed by atoms with Gasteiger partial charge in [0.15, 0.2) is 11.5 Å². The molecule has 1 N–H and O–H groups in total. The minimum Gasteiger partial charge on any atom is -0.485 e. The third-order valence-electron chi connectivity index (χ3n) is 3.60. The molecule has 1 amide bonds. The Hall–Kier alpha value is -2.82. The van der Waals surface area contributed by atoms with Crippen molar-refractivity contribution in [2.75, 3.05) is 6.61 Å². The largest absolute Gasteiger partial charge is 0.485 e. The summed E-state index contributed by atoms with van der Waals surface area (Å²) in [6, 6.07) is 15.2. The van der Waals surface area contributed by atoms with Crippen LogP contribution in [0, 0.1) is 6.92 Å². The van der Waals surface area contributed by atoms with E-state index in [1.807, 2.05) is 56.3 Å². The van der Waals surface area contributed by atoms with Crippen LogP contribution in [0.4, 0.5) is 0 Å². The van der Waals surface area contributed by atoms with Gasteiger partial charge >= 0.3 is 0 Å². The first-order chi connectivity index (χ1) is 11.1. The molecular weight excluding hydrogens is 292 g/mol. The highest BCUT2D eigenvalue weighted by Crippen LogP contribution is 2.30. The van der Waals surface area contributed by atoms with Crippen LogP contribution in [0.15, 0.2) is 53.6 Å². The molecule has 2 aromatic carbocycles. The Balaban J connectivity index is 1.63. The SMILES string of the molecule is C/C(=N\NC(=O)C1COc2ccccc2O1)c1ccc(C)cc1. The molecule has 0 saturated heterocycles. The van der Waals surface area contributed by atoms with Gasteiger partial charge in [-0.3, -0.25) is 4.79 Å². The highest BCUT2D eigenvalue weighted by molar-refractivity contribution is 5.99. The van der Waals surface area contributed by atoms with E-state index in [2.05, 4.69) is 10.5 Å². The van der Waals surface area contributed by atoms with Crippen molar-refractivity contribution in [1.29, 1.82) is 0 Å². The number of carbonyl (C=O) groups is 1. The number of rotatable bonds is 3. The van der Waals surface area contributed by atoms with E-state index in [0.29, 0.717) is 11.5 Å². The van der Waals surface area contributed by atoms with E-state index in [4.69, 9.17) is 9.47 Å². The quantitative estimate of drug-likeness (QED) is 0.700. The summed E-state index contributed by atoms with van der Waals surface area (Å²) in [6.45, 7) is 4.04. The van der Waals surface area contributed by atoms with Gasteiger partial charge in [-0.1, -0.05) is 42.0 Å². The lowest BCUT2D eigenvalue weighted by atomic mass is 10.1. The van der Waals surface area contributed by atoms with Crippen LogP contribution in [-0.2, 0) is 4.79 Å². The number of amides is 1. The fourth-order valence-corrected chi connectivity index (χ4v) is 2.22. The lowest BCUT2D eigenvalue weighted by Crippen LogP contribution is -2.42. The fraction of sp³-hybridized carbons (Fsp3) is 0.222. The summed E-state index contributed by atoms with van der Waals surface area (Å²) < 4.78 is 11.2. The molecule has 0 saturated carbocycles. The van der Waals surface area contributed by atoms with E-state index in [-0.39, 0.29) is 12.5 Å². The van der Waals surface area contributed by atoms with E-state index in [9.17, 15) is 4.79 Å². The number of nitrogens with one attached hydrogen (secondary N) is 1. The van der Waals surface area contributed by atoms with E-state index in [1.165, 1.54) is 5.56 Å². The number of hydrogen-bond acceptors (Lipinski definition) is 4.